The van der Waals surface area contributed by atoms with E-state index in [0.717, 1.165) is 23.5 Å². The van der Waals surface area contributed by atoms with Gasteiger partial charge in [0.25, 0.3) is 0 Å². The van der Waals surface area contributed by atoms with Gasteiger partial charge in [-0.15, -0.1) is 0 Å². The van der Waals surface area contributed by atoms with Gasteiger partial charge in [0.2, 0.25) is 0 Å². The predicted octanol–water partition coefficient (Wildman–Crippen LogP) is 2.97. The van der Waals surface area contributed by atoms with E-state index in [1.165, 1.54) is 4.90 Å². The van der Waals surface area contributed by atoms with Crippen molar-refractivity contribution in [1.82, 2.24) is 0 Å². The molecule has 0 aromatic heterocycles. The lowest BCUT2D eigenvalue weighted by Crippen LogP contribution is -2.01. The van der Waals surface area contributed by atoms with Gasteiger partial charge in [-0.05, 0) is 24.3 Å². The molecule has 0 bridgehead atoms. The van der Waals surface area contributed by atoms with Crippen molar-refractivity contribution >= 4 is 46.2 Å². The largest absolute Gasteiger partial charge is 0.378 e. The second-order valence-electron chi connectivity index (χ2n) is 2.70. The quantitative estimate of drug-likeness (QED) is 0.341. The average molecular weight is 259 g/mol. The van der Waals surface area contributed by atoms with E-state index < -0.39 is 0 Å². The number of benzene rings is 1. The van der Waals surface area contributed by atoms with Crippen LogP contribution in [0.5, 0.6) is 0 Å². The fourth-order valence-corrected chi connectivity index (χ4v) is 3.36. The van der Waals surface area contributed by atoms with E-state index >= 15 is 0 Å². The first kappa shape index (κ1) is 12.8. The molecule has 0 aliphatic heterocycles. The van der Waals surface area contributed by atoms with Gasteiger partial charge in [-0.3, -0.25) is 0 Å². The van der Waals surface area contributed by atoms with Crippen LogP contribution in [0.15, 0.2) is 29.2 Å². The maximum absolute atomic E-state index is 10.1. The summed E-state index contributed by atoms with van der Waals surface area (Å²) in [7, 11) is 3.54. The van der Waals surface area contributed by atoms with Gasteiger partial charge >= 0.3 is 0 Å². The molecule has 1 aromatic carbocycles. The topological polar surface area (TPSA) is 29.1 Å². The van der Waals surface area contributed by atoms with Crippen molar-refractivity contribution in [2.45, 2.75) is 4.90 Å². The lowest BCUT2D eigenvalue weighted by atomic mass is 10.3. The van der Waals surface area contributed by atoms with Crippen LogP contribution in [-0.4, -0.2) is 24.3 Å². The molecule has 0 saturated carbocycles. The first-order valence-corrected chi connectivity index (χ1v) is 7.50. The first-order chi connectivity index (χ1) is 7.36. The summed E-state index contributed by atoms with van der Waals surface area (Å²) in [6.45, 7) is 0.362. The summed E-state index contributed by atoms with van der Waals surface area (Å²) in [5.74, 6) is 1.94. The predicted molar refractivity (Wildman–Crippen MR) is 73.2 cm³/mol. The average Bonchev–Trinajstić information content (AvgIpc) is 2.28. The Bertz CT molecular complexity index is 289. The third kappa shape index (κ3) is 5.39. The van der Waals surface area contributed by atoms with E-state index in [4.69, 9.17) is 0 Å². The molecule has 0 aliphatic rings. The second kappa shape index (κ2) is 7.96. The zero-order chi connectivity index (χ0) is 10.9. The molecule has 5 heteroatoms. The van der Waals surface area contributed by atoms with E-state index in [2.05, 4.69) is 17.9 Å². The van der Waals surface area contributed by atoms with Crippen molar-refractivity contribution in [3.63, 3.8) is 0 Å². The Morgan fingerprint density at radius 3 is 2.67 bits per heavy atom. The smallest absolute Gasteiger partial charge is 0.139 e. The second-order valence-corrected chi connectivity index (χ2v) is 5.64. The van der Waals surface area contributed by atoms with Crippen LogP contribution < -0.4 is 5.32 Å². The Morgan fingerprint density at radius 1 is 1.33 bits per heavy atom. The Kier molecular flexibility index (Phi) is 6.80. The van der Waals surface area contributed by atoms with Crippen LogP contribution in [-0.2, 0) is 4.79 Å². The number of carbonyl (C=O) groups excluding carboxylic acids is 1. The van der Waals surface area contributed by atoms with Gasteiger partial charge in [0.15, 0.2) is 0 Å². The van der Waals surface area contributed by atoms with Gasteiger partial charge in [0.1, 0.15) is 6.29 Å². The third-order valence-electron chi connectivity index (χ3n) is 1.57. The summed E-state index contributed by atoms with van der Waals surface area (Å²) in [6.07, 6.45) is 0.852. The number of thiol groups is 1. The maximum atomic E-state index is 10.1. The van der Waals surface area contributed by atoms with Crippen molar-refractivity contribution < 1.29 is 4.79 Å². The standard InChI is InChI=1S/C10H13NOS3/c12-6-5-11-9-1-3-10(4-2-9)15-14-8-7-13/h1-4,6,11,13H,5,7-8H2. The number of nitrogens with one attached hydrogen (secondary N) is 1. The summed E-state index contributed by atoms with van der Waals surface area (Å²) in [4.78, 5) is 11.4. The number of anilines is 1. The molecule has 82 valence electrons. The van der Waals surface area contributed by atoms with E-state index in [1.54, 1.807) is 21.6 Å². The number of carbonyl (C=O) groups is 1. The zero-order valence-electron chi connectivity index (χ0n) is 8.18. The minimum absolute atomic E-state index is 0.362. The minimum atomic E-state index is 0.362. The number of aldehydes is 1. The van der Waals surface area contributed by atoms with E-state index in [-0.39, 0.29) is 0 Å². The normalized spacial score (nSPS) is 9.93. The van der Waals surface area contributed by atoms with Crippen LogP contribution in [0, 0.1) is 0 Å². The molecule has 0 spiro atoms. The van der Waals surface area contributed by atoms with Crippen LogP contribution in [0.1, 0.15) is 0 Å². The Balaban J connectivity index is 2.38. The SMILES string of the molecule is O=CCNc1ccc(SSCCS)cc1. The number of hydrogen-bond donors (Lipinski definition) is 2. The van der Waals surface area contributed by atoms with E-state index in [0.29, 0.717) is 6.54 Å². The molecule has 0 aliphatic carbocycles. The summed E-state index contributed by atoms with van der Waals surface area (Å²) < 4.78 is 0. The molecule has 0 atom stereocenters. The van der Waals surface area contributed by atoms with Gasteiger partial charge in [-0.1, -0.05) is 21.6 Å². The van der Waals surface area contributed by atoms with E-state index in [9.17, 15) is 4.79 Å². The summed E-state index contributed by atoms with van der Waals surface area (Å²) in [5.41, 5.74) is 0.977. The third-order valence-corrected chi connectivity index (χ3v) is 4.48. The minimum Gasteiger partial charge on any atom is -0.378 e. The maximum Gasteiger partial charge on any atom is 0.139 e. The fourth-order valence-electron chi connectivity index (χ4n) is 0.935. The highest BCUT2D eigenvalue weighted by molar-refractivity contribution is 8.76. The molecule has 1 N–H and O–H groups in total. The molecule has 1 aromatic rings. The van der Waals surface area contributed by atoms with Gasteiger partial charge in [-0.2, -0.15) is 12.6 Å². The Labute approximate surface area is 103 Å². The molecule has 15 heavy (non-hydrogen) atoms. The lowest BCUT2D eigenvalue weighted by Gasteiger charge is -2.03. The molecule has 0 saturated heterocycles. The Hall–Kier alpha value is -0.260. The van der Waals surface area contributed by atoms with Gasteiger partial charge < -0.3 is 10.1 Å². The van der Waals surface area contributed by atoms with Crippen LogP contribution in [0.25, 0.3) is 0 Å². The summed E-state index contributed by atoms with van der Waals surface area (Å²) in [5, 5.41) is 2.99. The molecular weight excluding hydrogens is 246 g/mol. The lowest BCUT2D eigenvalue weighted by molar-refractivity contribution is -0.106. The van der Waals surface area contributed by atoms with Crippen LogP contribution in [0.3, 0.4) is 0 Å². The fraction of sp³-hybridized carbons (Fsp3) is 0.300. The van der Waals surface area contributed by atoms with Crippen LogP contribution in [0.4, 0.5) is 5.69 Å². The molecule has 0 unspecified atom stereocenters. The van der Waals surface area contributed by atoms with Crippen molar-refractivity contribution in [3.05, 3.63) is 24.3 Å². The highest BCUT2D eigenvalue weighted by Gasteiger charge is 1.95. The molecule has 0 radical (unpaired) electrons. The number of hydrogen-bond acceptors (Lipinski definition) is 5. The van der Waals surface area contributed by atoms with Crippen molar-refractivity contribution in [2.75, 3.05) is 23.4 Å². The van der Waals surface area contributed by atoms with E-state index in [1.807, 2.05) is 24.3 Å². The highest BCUT2D eigenvalue weighted by Crippen LogP contribution is 2.31. The van der Waals surface area contributed by atoms with Crippen molar-refractivity contribution in [1.29, 1.82) is 0 Å². The summed E-state index contributed by atoms with van der Waals surface area (Å²) >= 11 is 4.14. The Morgan fingerprint density at radius 2 is 2.07 bits per heavy atom. The molecule has 0 amide bonds. The van der Waals surface area contributed by atoms with Gasteiger partial charge in [0.05, 0.1) is 6.54 Å². The van der Waals surface area contributed by atoms with Crippen molar-refractivity contribution in [3.8, 4) is 0 Å². The highest BCUT2D eigenvalue weighted by atomic mass is 33.1. The molecule has 2 nitrogen and oxygen atoms in total. The zero-order valence-corrected chi connectivity index (χ0v) is 10.7. The molecule has 0 fully saturated rings. The van der Waals surface area contributed by atoms with Gasteiger partial charge in [0, 0.05) is 22.1 Å². The molecular formula is C10H13NOS3. The van der Waals surface area contributed by atoms with Crippen LogP contribution >= 0.6 is 34.2 Å². The molecule has 1 rings (SSSR count). The number of rotatable bonds is 7. The van der Waals surface area contributed by atoms with Crippen molar-refractivity contribution in [2.24, 2.45) is 0 Å². The van der Waals surface area contributed by atoms with Gasteiger partial charge in [-0.25, -0.2) is 0 Å². The monoisotopic (exact) mass is 259 g/mol. The first-order valence-electron chi connectivity index (χ1n) is 4.54. The van der Waals surface area contributed by atoms with Crippen LogP contribution in [0.2, 0.25) is 0 Å². The summed E-state index contributed by atoms with van der Waals surface area (Å²) in [6, 6.07) is 8.05. The molecule has 0 heterocycles.